The summed E-state index contributed by atoms with van der Waals surface area (Å²) in [5, 5.41) is 5.02. The Labute approximate surface area is 150 Å². The summed E-state index contributed by atoms with van der Waals surface area (Å²) in [6.45, 7) is 6.07. The van der Waals surface area contributed by atoms with Crippen LogP contribution in [-0.4, -0.2) is 29.4 Å². The number of imide groups is 1. The number of nitrogens with one attached hydrogen (secondary N) is 1. The molecule has 1 aliphatic rings. The van der Waals surface area contributed by atoms with Gasteiger partial charge in [0.2, 0.25) is 0 Å². The van der Waals surface area contributed by atoms with Crippen LogP contribution in [0.4, 0.5) is 5.69 Å². The Hall–Kier alpha value is -2.60. The maximum atomic E-state index is 12.6. The minimum Gasteiger partial charge on any atom is -0.491 e. The Morgan fingerprint density at radius 1 is 1.12 bits per heavy atom. The summed E-state index contributed by atoms with van der Waals surface area (Å²) in [6, 6.07) is 11.1. The number of hydrogen-bond donors (Lipinski definition) is 1. The van der Waals surface area contributed by atoms with Crippen LogP contribution in [0, 0.1) is 0 Å². The number of carbonyl (C=O) groups is 2. The van der Waals surface area contributed by atoms with Gasteiger partial charge in [0.25, 0.3) is 11.8 Å². The largest absolute Gasteiger partial charge is 0.491 e. The number of ether oxygens (including phenoxy) is 1. The van der Waals surface area contributed by atoms with Crippen molar-refractivity contribution in [2.45, 2.75) is 26.9 Å². The quantitative estimate of drug-likeness (QED) is 0.801. The van der Waals surface area contributed by atoms with E-state index in [9.17, 15) is 9.59 Å². The smallest absolute Gasteiger partial charge is 0.278 e. The van der Waals surface area contributed by atoms with Gasteiger partial charge in [-0.1, -0.05) is 6.07 Å². The zero-order valence-corrected chi connectivity index (χ0v) is 15.2. The zero-order valence-electron chi connectivity index (χ0n) is 14.4. The van der Waals surface area contributed by atoms with E-state index in [0.29, 0.717) is 17.8 Å². The van der Waals surface area contributed by atoms with Crippen molar-refractivity contribution < 1.29 is 14.3 Å². The number of anilines is 1. The van der Waals surface area contributed by atoms with E-state index < -0.39 is 0 Å². The zero-order chi connectivity index (χ0) is 18.0. The molecule has 2 heterocycles. The van der Waals surface area contributed by atoms with Crippen molar-refractivity contribution in [1.29, 1.82) is 0 Å². The number of benzene rings is 1. The maximum absolute atomic E-state index is 12.6. The van der Waals surface area contributed by atoms with E-state index in [1.165, 1.54) is 16.2 Å². The second-order valence-corrected chi connectivity index (χ2v) is 6.85. The minimum absolute atomic E-state index is 0.0964. The maximum Gasteiger partial charge on any atom is 0.278 e. The van der Waals surface area contributed by atoms with Crippen LogP contribution in [0.15, 0.2) is 47.5 Å². The summed E-state index contributed by atoms with van der Waals surface area (Å²) in [4.78, 5) is 27.3. The first-order valence-corrected chi connectivity index (χ1v) is 9.07. The number of likely N-dealkylation sites (N-methyl/N-ethyl adjacent to an activating group) is 1. The predicted molar refractivity (Wildman–Crippen MR) is 99.5 cm³/mol. The lowest BCUT2D eigenvalue weighted by molar-refractivity contribution is -0.136. The SMILES string of the molecule is CCN1C(=O)C(Nc2ccc(OC(C)C)cc2)=C(c2cccs2)C1=O. The molecule has 1 aliphatic heterocycles. The molecule has 130 valence electrons. The molecule has 3 rings (SSSR count). The lowest BCUT2D eigenvalue weighted by Crippen LogP contribution is -2.32. The summed E-state index contributed by atoms with van der Waals surface area (Å²) in [5.41, 5.74) is 1.50. The number of thiophene rings is 1. The van der Waals surface area contributed by atoms with E-state index in [4.69, 9.17) is 4.74 Å². The van der Waals surface area contributed by atoms with Gasteiger partial charge in [-0.25, -0.2) is 0 Å². The predicted octanol–water partition coefficient (Wildman–Crippen LogP) is 3.75. The molecular formula is C19H20N2O3S. The fraction of sp³-hybridized carbons (Fsp3) is 0.263. The van der Waals surface area contributed by atoms with E-state index in [1.54, 1.807) is 6.92 Å². The van der Waals surface area contributed by atoms with E-state index in [0.717, 1.165) is 16.3 Å². The topological polar surface area (TPSA) is 58.6 Å². The highest BCUT2D eigenvalue weighted by Gasteiger charge is 2.38. The highest BCUT2D eigenvalue weighted by atomic mass is 32.1. The molecule has 0 unspecified atom stereocenters. The third-order valence-electron chi connectivity index (χ3n) is 3.75. The average molecular weight is 356 g/mol. The van der Waals surface area contributed by atoms with Crippen LogP contribution in [0.25, 0.3) is 5.57 Å². The Morgan fingerprint density at radius 3 is 2.40 bits per heavy atom. The van der Waals surface area contributed by atoms with Crippen molar-refractivity contribution in [1.82, 2.24) is 4.90 Å². The lowest BCUT2D eigenvalue weighted by Gasteiger charge is -2.13. The molecular weight excluding hydrogens is 336 g/mol. The van der Waals surface area contributed by atoms with E-state index in [-0.39, 0.29) is 17.9 Å². The molecule has 0 bridgehead atoms. The normalized spacial score (nSPS) is 14.6. The molecule has 1 aromatic heterocycles. The van der Waals surface area contributed by atoms with Crippen molar-refractivity contribution in [3.8, 4) is 5.75 Å². The van der Waals surface area contributed by atoms with Gasteiger partial charge in [-0.2, -0.15) is 0 Å². The Morgan fingerprint density at radius 2 is 1.84 bits per heavy atom. The molecule has 2 amide bonds. The third-order valence-corrected chi connectivity index (χ3v) is 4.63. The number of amides is 2. The van der Waals surface area contributed by atoms with Crippen LogP contribution >= 0.6 is 11.3 Å². The first-order chi connectivity index (χ1) is 12.0. The van der Waals surface area contributed by atoms with Gasteiger partial charge >= 0.3 is 0 Å². The highest BCUT2D eigenvalue weighted by Crippen LogP contribution is 2.32. The second-order valence-electron chi connectivity index (χ2n) is 5.90. The van der Waals surface area contributed by atoms with E-state index in [2.05, 4.69) is 5.32 Å². The number of carbonyl (C=O) groups excluding carboxylic acids is 2. The van der Waals surface area contributed by atoms with Gasteiger partial charge in [-0.15, -0.1) is 11.3 Å². The minimum atomic E-state index is -0.293. The number of rotatable bonds is 6. The summed E-state index contributed by atoms with van der Waals surface area (Å²) in [7, 11) is 0. The molecule has 6 heteroatoms. The van der Waals surface area contributed by atoms with Gasteiger partial charge in [0.15, 0.2) is 0 Å². The number of hydrogen-bond acceptors (Lipinski definition) is 5. The van der Waals surface area contributed by atoms with Crippen molar-refractivity contribution in [2.75, 3.05) is 11.9 Å². The van der Waals surface area contributed by atoms with Gasteiger partial charge in [0, 0.05) is 17.1 Å². The molecule has 0 saturated carbocycles. The van der Waals surface area contributed by atoms with Crippen LogP contribution in [0.1, 0.15) is 25.6 Å². The first kappa shape index (κ1) is 17.2. The standard InChI is InChI=1S/C19H20N2O3S/c1-4-21-18(22)16(15-6-5-11-25-15)17(19(21)23)20-13-7-9-14(10-8-13)24-12(2)3/h5-12,20H,4H2,1-3H3. The average Bonchev–Trinajstić information content (AvgIpc) is 3.16. The van der Waals surface area contributed by atoms with Crippen LogP contribution in [0.3, 0.4) is 0 Å². The fourth-order valence-corrected chi connectivity index (χ4v) is 3.43. The fourth-order valence-electron chi connectivity index (χ4n) is 2.66. The summed E-state index contributed by atoms with van der Waals surface area (Å²) in [5.74, 6) is 0.215. The summed E-state index contributed by atoms with van der Waals surface area (Å²) < 4.78 is 5.62. The van der Waals surface area contributed by atoms with Crippen molar-refractivity contribution >= 4 is 34.4 Å². The second kappa shape index (κ2) is 7.11. The van der Waals surface area contributed by atoms with Crippen LogP contribution in [0.2, 0.25) is 0 Å². The van der Waals surface area contributed by atoms with Gasteiger partial charge in [-0.05, 0) is 56.5 Å². The molecule has 1 N–H and O–H groups in total. The molecule has 5 nitrogen and oxygen atoms in total. The molecule has 0 radical (unpaired) electrons. The van der Waals surface area contributed by atoms with Gasteiger partial charge < -0.3 is 10.1 Å². The Bertz CT molecular complexity index is 808. The van der Waals surface area contributed by atoms with E-state index in [1.807, 2.05) is 55.6 Å². The molecule has 0 saturated heterocycles. The van der Waals surface area contributed by atoms with Crippen LogP contribution in [-0.2, 0) is 9.59 Å². The monoisotopic (exact) mass is 356 g/mol. The van der Waals surface area contributed by atoms with Gasteiger partial charge in [-0.3, -0.25) is 14.5 Å². The van der Waals surface area contributed by atoms with Crippen molar-refractivity contribution in [3.63, 3.8) is 0 Å². The van der Waals surface area contributed by atoms with Crippen LogP contribution < -0.4 is 10.1 Å². The molecule has 0 aliphatic carbocycles. The third kappa shape index (κ3) is 3.44. The molecule has 0 fully saturated rings. The molecule has 25 heavy (non-hydrogen) atoms. The Kier molecular flexibility index (Phi) is 4.90. The van der Waals surface area contributed by atoms with Gasteiger partial charge in [0.1, 0.15) is 11.4 Å². The lowest BCUT2D eigenvalue weighted by atomic mass is 10.2. The van der Waals surface area contributed by atoms with Crippen LogP contribution in [0.5, 0.6) is 5.75 Å². The summed E-state index contributed by atoms with van der Waals surface area (Å²) in [6.07, 6.45) is 0.0964. The van der Waals surface area contributed by atoms with Crippen molar-refractivity contribution in [3.05, 3.63) is 52.4 Å². The number of nitrogens with zero attached hydrogens (tertiary/aromatic N) is 1. The molecule has 0 spiro atoms. The Balaban J connectivity index is 1.92. The highest BCUT2D eigenvalue weighted by molar-refractivity contribution is 7.11. The van der Waals surface area contributed by atoms with Crippen molar-refractivity contribution in [2.24, 2.45) is 0 Å². The van der Waals surface area contributed by atoms with E-state index >= 15 is 0 Å². The first-order valence-electron chi connectivity index (χ1n) is 8.19. The van der Waals surface area contributed by atoms with Gasteiger partial charge in [0.05, 0.1) is 11.7 Å². The molecule has 1 aromatic carbocycles. The molecule has 2 aromatic rings. The molecule has 0 atom stereocenters. The summed E-state index contributed by atoms with van der Waals surface area (Å²) >= 11 is 1.44.